The second-order valence-corrected chi connectivity index (χ2v) is 6.82. The van der Waals surface area contributed by atoms with E-state index in [4.69, 9.17) is 4.74 Å². The standard InChI is InChI=1S/C15H29NO2/c1-12(2)16-11-14(3,17)13-6-9-18-15(10-13)7-4-5-8-15/h12-13,16-17H,4-11H2,1-3H3. The summed E-state index contributed by atoms with van der Waals surface area (Å²) in [7, 11) is 0. The first kappa shape index (κ1) is 14.3. The smallest absolute Gasteiger partial charge is 0.0773 e. The Morgan fingerprint density at radius 2 is 2.06 bits per heavy atom. The summed E-state index contributed by atoms with van der Waals surface area (Å²) >= 11 is 0. The number of aliphatic hydroxyl groups is 1. The molecule has 0 aromatic rings. The molecule has 2 N–H and O–H groups in total. The van der Waals surface area contributed by atoms with Crippen LogP contribution in [0.3, 0.4) is 0 Å². The summed E-state index contributed by atoms with van der Waals surface area (Å²) in [5, 5.41) is 14.1. The summed E-state index contributed by atoms with van der Waals surface area (Å²) in [6.07, 6.45) is 7.00. The van der Waals surface area contributed by atoms with Crippen LogP contribution >= 0.6 is 0 Å². The zero-order chi connectivity index (χ0) is 13.2. The molecule has 0 bridgehead atoms. The van der Waals surface area contributed by atoms with Gasteiger partial charge in [-0.2, -0.15) is 0 Å². The molecule has 2 fully saturated rings. The van der Waals surface area contributed by atoms with Crippen molar-refractivity contribution >= 4 is 0 Å². The van der Waals surface area contributed by atoms with E-state index in [9.17, 15) is 5.11 Å². The Hall–Kier alpha value is -0.120. The van der Waals surface area contributed by atoms with Crippen molar-refractivity contribution in [1.29, 1.82) is 0 Å². The van der Waals surface area contributed by atoms with Gasteiger partial charge >= 0.3 is 0 Å². The molecule has 1 saturated heterocycles. The third-order valence-electron chi connectivity index (χ3n) is 4.76. The van der Waals surface area contributed by atoms with E-state index in [0.717, 1.165) is 19.4 Å². The first-order valence-electron chi connectivity index (χ1n) is 7.53. The van der Waals surface area contributed by atoms with Crippen molar-refractivity contribution in [2.75, 3.05) is 13.2 Å². The van der Waals surface area contributed by atoms with Gasteiger partial charge in [-0.1, -0.05) is 26.7 Å². The average Bonchev–Trinajstić information content (AvgIpc) is 2.75. The molecule has 1 spiro atoms. The first-order chi connectivity index (χ1) is 8.44. The molecule has 3 heteroatoms. The van der Waals surface area contributed by atoms with Crippen molar-refractivity contribution in [2.45, 2.75) is 76.5 Å². The van der Waals surface area contributed by atoms with Crippen LogP contribution in [0.2, 0.25) is 0 Å². The number of hydrogen-bond acceptors (Lipinski definition) is 3. The van der Waals surface area contributed by atoms with Crippen LogP contribution in [0, 0.1) is 5.92 Å². The quantitative estimate of drug-likeness (QED) is 0.811. The molecular formula is C15H29NO2. The monoisotopic (exact) mass is 255 g/mol. The second-order valence-electron chi connectivity index (χ2n) is 6.82. The lowest BCUT2D eigenvalue weighted by Crippen LogP contribution is -2.51. The third-order valence-corrected chi connectivity index (χ3v) is 4.76. The molecular weight excluding hydrogens is 226 g/mol. The topological polar surface area (TPSA) is 41.5 Å². The summed E-state index contributed by atoms with van der Waals surface area (Å²) in [5.41, 5.74) is -0.506. The third kappa shape index (κ3) is 3.25. The molecule has 0 aromatic heterocycles. The Balaban J connectivity index is 1.94. The summed E-state index contributed by atoms with van der Waals surface area (Å²) < 4.78 is 6.05. The van der Waals surface area contributed by atoms with Crippen molar-refractivity contribution in [3.8, 4) is 0 Å². The molecule has 2 rings (SSSR count). The van der Waals surface area contributed by atoms with Gasteiger partial charge in [0, 0.05) is 19.2 Å². The van der Waals surface area contributed by atoms with Crippen molar-refractivity contribution in [2.24, 2.45) is 5.92 Å². The van der Waals surface area contributed by atoms with E-state index in [0.29, 0.717) is 18.5 Å². The second kappa shape index (κ2) is 5.48. The van der Waals surface area contributed by atoms with Crippen LogP contribution in [0.25, 0.3) is 0 Å². The molecule has 2 atom stereocenters. The summed E-state index contributed by atoms with van der Waals surface area (Å²) in [6, 6.07) is 0.428. The largest absolute Gasteiger partial charge is 0.389 e. The minimum atomic E-state index is -0.607. The fourth-order valence-corrected chi connectivity index (χ4v) is 3.48. The maximum Gasteiger partial charge on any atom is 0.0773 e. The molecule has 18 heavy (non-hydrogen) atoms. The lowest BCUT2D eigenvalue weighted by Gasteiger charge is -2.44. The van der Waals surface area contributed by atoms with Gasteiger partial charge in [0.15, 0.2) is 0 Å². The Kier molecular flexibility index (Phi) is 4.35. The van der Waals surface area contributed by atoms with E-state index in [1.54, 1.807) is 0 Å². The Morgan fingerprint density at radius 3 is 2.67 bits per heavy atom. The van der Waals surface area contributed by atoms with E-state index in [2.05, 4.69) is 19.2 Å². The maximum atomic E-state index is 10.7. The lowest BCUT2D eigenvalue weighted by molar-refractivity contribution is -0.135. The lowest BCUT2D eigenvalue weighted by atomic mass is 9.75. The van der Waals surface area contributed by atoms with Gasteiger partial charge in [0.25, 0.3) is 0 Å². The van der Waals surface area contributed by atoms with Crippen molar-refractivity contribution in [1.82, 2.24) is 5.32 Å². The molecule has 0 aromatic carbocycles. The van der Waals surface area contributed by atoms with Crippen molar-refractivity contribution in [3.05, 3.63) is 0 Å². The predicted molar refractivity (Wildman–Crippen MR) is 73.6 cm³/mol. The molecule has 2 aliphatic rings. The van der Waals surface area contributed by atoms with Crippen LogP contribution in [0.1, 0.15) is 59.3 Å². The van der Waals surface area contributed by atoms with E-state index < -0.39 is 5.60 Å². The summed E-state index contributed by atoms with van der Waals surface area (Å²) in [5.74, 6) is 0.371. The molecule has 106 valence electrons. The van der Waals surface area contributed by atoms with E-state index in [1.807, 2.05) is 6.92 Å². The van der Waals surface area contributed by atoms with Gasteiger partial charge in [-0.05, 0) is 38.5 Å². The fourth-order valence-electron chi connectivity index (χ4n) is 3.48. The Labute approximate surface area is 111 Å². The van der Waals surface area contributed by atoms with Crippen molar-refractivity contribution < 1.29 is 9.84 Å². The SMILES string of the molecule is CC(C)NCC(C)(O)C1CCOC2(CCCC2)C1. The van der Waals surface area contributed by atoms with Gasteiger partial charge in [0.2, 0.25) is 0 Å². The van der Waals surface area contributed by atoms with Gasteiger partial charge in [-0.3, -0.25) is 0 Å². The van der Waals surface area contributed by atoms with E-state index >= 15 is 0 Å². The number of nitrogens with one attached hydrogen (secondary N) is 1. The number of hydrogen-bond donors (Lipinski definition) is 2. The highest BCUT2D eigenvalue weighted by atomic mass is 16.5. The summed E-state index contributed by atoms with van der Waals surface area (Å²) in [4.78, 5) is 0. The Morgan fingerprint density at radius 1 is 1.39 bits per heavy atom. The zero-order valence-electron chi connectivity index (χ0n) is 12.2. The van der Waals surface area contributed by atoms with Crippen LogP contribution in [-0.4, -0.2) is 35.5 Å². The average molecular weight is 255 g/mol. The van der Waals surface area contributed by atoms with Gasteiger partial charge in [0.05, 0.1) is 11.2 Å². The van der Waals surface area contributed by atoms with E-state index in [1.165, 1.54) is 25.7 Å². The molecule has 1 aliphatic heterocycles. The highest BCUT2D eigenvalue weighted by Gasteiger charge is 2.45. The maximum absolute atomic E-state index is 10.7. The fraction of sp³-hybridized carbons (Fsp3) is 1.00. The minimum Gasteiger partial charge on any atom is -0.389 e. The molecule has 3 nitrogen and oxygen atoms in total. The highest BCUT2D eigenvalue weighted by Crippen LogP contribution is 2.44. The minimum absolute atomic E-state index is 0.102. The van der Waals surface area contributed by atoms with Crippen LogP contribution in [0.5, 0.6) is 0 Å². The zero-order valence-corrected chi connectivity index (χ0v) is 12.2. The molecule has 1 heterocycles. The van der Waals surface area contributed by atoms with Gasteiger partial charge in [0.1, 0.15) is 0 Å². The van der Waals surface area contributed by atoms with Gasteiger partial charge in [-0.25, -0.2) is 0 Å². The van der Waals surface area contributed by atoms with Crippen molar-refractivity contribution in [3.63, 3.8) is 0 Å². The first-order valence-corrected chi connectivity index (χ1v) is 7.53. The van der Waals surface area contributed by atoms with Gasteiger partial charge in [-0.15, -0.1) is 0 Å². The number of rotatable bonds is 4. The van der Waals surface area contributed by atoms with Crippen LogP contribution in [0.4, 0.5) is 0 Å². The van der Waals surface area contributed by atoms with Crippen LogP contribution in [0.15, 0.2) is 0 Å². The van der Waals surface area contributed by atoms with Gasteiger partial charge < -0.3 is 15.2 Å². The van der Waals surface area contributed by atoms with E-state index in [-0.39, 0.29) is 5.60 Å². The molecule has 0 radical (unpaired) electrons. The molecule has 2 unspecified atom stereocenters. The Bertz CT molecular complexity index is 270. The van der Waals surface area contributed by atoms with Crippen LogP contribution < -0.4 is 5.32 Å². The normalized spacial score (nSPS) is 30.8. The van der Waals surface area contributed by atoms with Crippen LogP contribution in [-0.2, 0) is 4.74 Å². The molecule has 1 saturated carbocycles. The number of ether oxygens (including phenoxy) is 1. The molecule has 1 aliphatic carbocycles. The summed E-state index contributed by atoms with van der Waals surface area (Å²) in [6.45, 7) is 7.74. The predicted octanol–water partition coefficient (Wildman–Crippen LogP) is 2.47. The highest BCUT2D eigenvalue weighted by molar-refractivity contribution is 4.97. The molecule has 0 amide bonds.